The summed E-state index contributed by atoms with van der Waals surface area (Å²) < 4.78 is 0. The normalized spacial score (nSPS) is 14.1. The van der Waals surface area contributed by atoms with Crippen LogP contribution in [0.25, 0.3) is 0 Å². The minimum atomic E-state index is -0.283. The quantitative estimate of drug-likeness (QED) is 0.775. The van der Waals surface area contributed by atoms with Crippen molar-refractivity contribution in [2.75, 3.05) is 23.3 Å². The van der Waals surface area contributed by atoms with Gasteiger partial charge in [0.25, 0.3) is 5.91 Å². The molecule has 0 atom stereocenters. The fraction of sp³-hybridized carbons (Fsp3) is 0.235. The highest BCUT2D eigenvalue weighted by Gasteiger charge is 2.20. The molecule has 0 spiro atoms. The molecule has 0 radical (unpaired) electrons. The first-order valence-corrected chi connectivity index (χ1v) is 8.49. The smallest absolute Gasteiger partial charge is 0.257 e. The van der Waals surface area contributed by atoms with E-state index in [9.17, 15) is 4.79 Å². The Balaban J connectivity index is 1.90. The molecule has 2 aromatic rings. The van der Waals surface area contributed by atoms with Crippen LogP contribution >= 0.6 is 34.8 Å². The van der Waals surface area contributed by atoms with Crippen LogP contribution in [-0.2, 0) is 0 Å². The van der Waals surface area contributed by atoms with Gasteiger partial charge in [-0.15, -0.1) is 0 Å². The summed E-state index contributed by atoms with van der Waals surface area (Å²) in [6.45, 7) is 1.88. The van der Waals surface area contributed by atoms with Crippen LogP contribution in [0.2, 0.25) is 15.1 Å². The minimum absolute atomic E-state index is 0.283. The molecule has 3 rings (SSSR count). The van der Waals surface area contributed by atoms with Crippen LogP contribution in [0.5, 0.6) is 0 Å². The fourth-order valence-electron chi connectivity index (χ4n) is 2.74. The van der Waals surface area contributed by atoms with E-state index in [2.05, 4.69) is 10.2 Å². The van der Waals surface area contributed by atoms with Gasteiger partial charge in [-0.3, -0.25) is 4.79 Å². The molecular formula is C17H15Cl3N2O. The van der Waals surface area contributed by atoms with Gasteiger partial charge in [0.1, 0.15) is 0 Å². The van der Waals surface area contributed by atoms with Gasteiger partial charge in [-0.05, 0) is 43.2 Å². The summed E-state index contributed by atoms with van der Waals surface area (Å²) in [4.78, 5) is 14.7. The molecule has 1 heterocycles. The summed E-state index contributed by atoms with van der Waals surface area (Å²) in [5, 5.41) is 4.36. The van der Waals surface area contributed by atoms with Crippen molar-refractivity contribution in [2.24, 2.45) is 0 Å². The van der Waals surface area contributed by atoms with Crippen LogP contribution in [0.15, 0.2) is 36.4 Å². The van der Waals surface area contributed by atoms with E-state index in [4.69, 9.17) is 34.8 Å². The van der Waals surface area contributed by atoms with E-state index in [-0.39, 0.29) is 5.91 Å². The van der Waals surface area contributed by atoms with Crippen molar-refractivity contribution < 1.29 is 4.79 Å². The number of hydrogen-bond acceptors (Lipinski definition) is 2. The number of halogens is 3. The summed E-state index contributed by atoms with van der Waals surface area (Å²) in [6.07, 6.45) is 2.25. The number of hydrogen-bond donors (Lipinski definition) is 1. The molecule has 1 N–H and O–H groups in total. The molecule has 1 saturated heterocycles. The SMILES string of the molecule is O=C(Nc1cccc(Cl)c1N1CCCC1)c1ccc(Cl)cc1Cl. The number of benzene rings is 2. The Morgan fingerprint density at radius 3 is 2.43 bits per heavy atom. The minimum Gasteiger partial charge on any atom is -0.369 e. The van der Waals surface area contributed by atoms with E-state index in [0.29, 0.717) is 26.3 Å². The highest BCUT2D eigenvalue weighted by molar-refractivity contribution is 6.37. The number of para-hydroxylation sites is 1. The van der Waals surface area contributed by atoms with Gasteiger partial charge in [-0.25, -0.2) is 0 Å². The van der Waals surface area contributed by atoms with Gasteiger partial charge in [0.2, 0.25) is 0 Å². The maximum atomic E-state index is 12.5. The van der Waals surface area contributed by atoms with Gasteiger partial charge in [0.15, 0.2) is 0 Å². The average molecular weight is 370 g/mol. The lowest BCUT2D eigenvalue weighted by Crippen LogP contribution is -2.21. The van der Waals surface area contributed by atoms with Gasteiger partial charge >= 0.3 is 0 Å². The summed E-state index contributed by atoms with van der Waals surface area (Å²) in [7, 11) is 0. The van der Waals surface area contributed by atoms with Gasteiger partial charge in [0, 0.05) is 18.1 Å². The number of anilines is 2. The molecule has 23 heavy (non-hydrogen) atoms. The lowest BCUT2D eigenvalue weighted by atomic mass is 10.2. The van der Waals surface area contributed by atoms with Crippen molar-refractivity contribution in [3.63, 3.8) is 0 Å². The number of carbonyl (C=O) groups excluding carboxylic acids is 1. The monoisotopic (exact) mass is 368 g/mol. The average Bonchev–Trinajstić information content (AvgIpc) is 3.01. The molecule has 1 aliphatic rings. The molecule has 6 heteroatoms. The summed E-state index contributed by atoms with van der Waals surface area (Å²) in [6, 6.07) is 10.3. The van der Waals surface area contributed by atoms with Crippen LogP contribution in [0, 0.1) is 0 Å². The first-order valence-electron chi connectivity index (χ1n) is 7.36. The molecule has 3 nitrogen and oxygen atoms in total. The Bertz CT molecular complexity index is 743. The zero-order valence-electron chi connectivity index (χ0n) is 12.3. The maximum absolute atomic E-state index is 12.5. The molecule has 120 valence electrons. The Hall–Kier alpha value is -1.42. The molecule has 0 unspecified atom stereocenters. The maximum Gasteiger partial charge on any atom is 0.257 e. The summed E-state index contributed by atoms with van der Waals surface area (Å²) >= 11 is 18.3. The molecule has 1 amide bonds. The highest BCUT2D eigenvalue weighted by Crippen LogP contribution is 2.36. The van der Waals surface area contributed by atoms with Gasteiger partial charge in [-0.2, -0.15) is 0 Å². The van der Waals surface area contributed by atoms with Crippen LogP contribution < -0.4 is 10.2 Å². The first kappa shape index (κ1) is 16.4. The second-order valence-corrected chi connectivity index (χ2v) is 6.66. The Kier molecular flexibility index (Phi) is 5.00. The van der Waals surface area contributed by atoms with Gasteiger partial charge < -0.3 is 10.2 Å². The molecule has 0 bridgehead atoms. The number of nitrogens with zero attached hydrogens (tertiary/aromatic N) is 1. The largest absolute Gasteiger partial charge is 0.369 e. The topological polar surface area (TPSA) is 32.3 Å². The third-order valence-corrected chi connectivity index (χ3v) is 4.69. The Morgan fingerprint density at radius 1 is 1.00 bits per heavy atom. The van der Waals surface area contributed by atoms with Crippen molar-refractivity contribution in [3.8, 4) is 0 Å². The van der Waals surface area contributed by atoms with E-state index in [1.807, 2.05) is 18.2 Å². The first-order chi connectivity index (χ1) is 11.1. The molecule has 0 saturated carbocycles. The van der Waals surface area contributed by atoms with E-state index in [0.717, 1.165) is 31.6 Å². The van der Waals surface area contributed by atoms with Crippen LogP contribution in [0.1, 0.15) is 23.2 Å². The molecule has 0 aromatic heterocycles. The standard InChI is InChI=1S/C17H15Cl3N2O/c18-11-6-7-12(14(20)10-11)17(23)21-15-5-3-4-13(19)16(15)22-8-1-2-9-22/h3-7,10H,1-2,8-9H2,(H,21,23). The number of rotatable bonds is 3. The van der Waals surface area contributed by atoms with Crippen LogP contribution in [0.3, 0.4) is 0 Å². The summed E-state index contributed by atoms with van der Waals surface area (Å²) in [5.41, 5.74) is 1.93. The molecule has 1 fully saturated rings. The van der Waals surface area contributed by atoms with Gasteiger partial charge in [0.05, 0.1) is 27.0 Å². The summed E-state index contributed by atoms with van der Waals surface area (Å²) in [5.74, 6) is -0.283. The second kappa shape index (κ2) is 7.00. The van der Waals surface area contributed by atoms with Crippen LogP contribution in [0.4, 0.5) is 11.4 Å². The molecule has 1 aliphatic heterocycles. The van der Waals surface area contributed by atoms with Crippen molar-refractivity contribution >= 4 is 52.1 Å². The molecule has 0 aliphatic carbocycles. The van der Waals surface area contributed by atoms with Crippen molar-refractivity contribution in [3.05, 3.63) is 57.0 Å². The fourth-order valence-corrected chi connectivity index (χ4v) is 3.53. The number of amides is 1. The second-order valence-electron chi connectivity index (χ2n) is 5.41. The third kappa shape index (κ3) is 3.57. The number of nitrogens with one attached hydrogen (secondary N) is 1. The van der Waals surface area contributed by atoms with E-state index in [1.165, 1.54) is 0 Å². The van der Waals surface area contributed by atoms with Crippen LogP contribution in [-0.4, -0.2) is 19.0 Å². The Labute approximate surface area is 150 Å². The zero-order chi connectivity index (χ0) is 16.4. The molecule has 2 aromatic carbocycles. The lowest BCUT2D eigenvalue weighted by molar-refractivity contribution is 0.102. The van der Waals surface area contributed by atoms with Crippen molar-refractivity contribution in [1.29, 1.82) is 0 Å². The van der Waals surface area contributed by atoms with Gasteiger partial charge in [-0.1, -0.05) is 40.9 Å². The van der Waals surface area contributed by atoms with E-state index < -0.39 is 0 Å². The Morgan fingerprint density at radius 2 is 1.74 bits per heavy atom. The predicted molar refractivity (Wildman–Crippen MR) is 97.3 cm³/mol. The predicted octanol–water partition coefficient (Wildman–Crippen LogP) is 5.50. The van der Waals surface area contributed by atoms with E-state index >= 15 is 0 Å². The third-order valence-electron chi connectivity index (χ3n) is 3.83. The van der Waals surface area contributed by atoms with E-state index in [1.54, 1.807) is 18.2 Å². The zero-order valence-corrected chi connectivity index (χ0v) is 14.5. The molecular weight excluding hydrogens is 355 g/mol. The highest BCUT2D eigenvalue weighted by atomic mass is 35.5. The lowest BCUT2D eigenvalue weighted by Gasteiger charge is -2.23. The van der Waals surface area contributed by atoms with Crippen molar-refractivity contribution in [2.45, 2.75) is 12.8 Å². The van der Waals surface area contributed by atoms with Crippen molar-refractivity contribution in [1.82, 2.24) is 0 Å². The number of carbonyl (C=O) groups is 1.